The number of pyridine rings is 1. The van der Waals surface area contributed by atoms with Gasteiger partial charge in [0.15, 0.2) is 11.2 Å². The monoisotopic (exact) mass is 519 g/mol. The zero-order valence-corrected chi connectivity index (χ0v) is 22.2. The average Bonchev–Trinajstić information content (AvgIpc) is 3.30. The Balaban J connectivity index is 1.82. The van der Waals surface area contributed by atoms with Crippen molar-refractivity contribution in [1.29, 1.82) is 0 Å². The Kier molecular flexibility index (Phi) is 6.77. The van der Waals surface area contributed by atoms with E-state index in [-0.39, 0.29) is 11.8 Å². The molecule has 200 valence electrons. The summed E-state index contributed by atoms with van der Waals surface area (Å²) in [5, 5.41) is 28.8. The van der Waals surface area contributed by atoms with Crippen LogP contribution in [0.25, 0.3) is 0 Å². The number of methoxy groups -OCH3 is 2. The molecule has 3 aromatic rings. The van der Waals surface area contributed by atoms with Gasteiger partial charge in [0.05, 0.1) is 32.1 Å². The first-order valence-electron chi connectivity index (χ1n) is 12.4. The third kappa shape index (κ3) is 3.73. The lowest BCUT2D eigenvalue weighted by Gasteiger charge is -2.41. The minimum atomic E-state index is -1.89. The van der Waals surface area contributed by atoms with Crippen LogP contribution in [0, 0.1) is 5.92 Å². The molecule has 0 saturated heterocycles. The summed E-state index contributed by atoms with van der Waals surface area (Å²) in [5.74, 6) is -0.0609. The second-order valence-electron chi connectivity index (χ2n) is 9.95. The average molecular weight is 520 g/mol. The number of hydrogen-bond acceptors (Lipinski definition) is 9. The van der Waals surface area contributed by atoms with Gasteiger partial charge in [-0.15, -0.1) is 0 Å². The van der Waals surface area contributed by atoms with Crippen molar-refractivity contribution >= 4 is 6.21 Å². The van der Waals surface area contributed by atoms with Crippen LogP contribution in [0.15, 0.2) is 65.8 Å². The number of fused-ring (bicyclic) bond motifs is 3. The second-order valence-corrected chi connectivity index (χ2v) is 9.95. The molecule has 9 nitrogen and oxygen atoms in total. The quantitative estimate of drug-likeness (QED) is 0.346. The molecular weight excluding hydrogens is 486 g/mol. The van der Waals surface area contributed by atoms with Crippen molar-refractivity contribution in [3.05, 3.63) is 82.9 Å². The number of aliphatic hydroxyl groups excluding tert-OH is 1. The zero-order valence-electron chi connectivity index (χ0n) is 22.2. The lowest BCUT2D eigenvalue weighted by molar-refractivity contribution is -0.152. The van der Waals surface area contributed by atoms with E-state index in [9.17, 15) is 10.2 Å². The summed E-state index contributed by atoms with van der Waals surface area (Å²) in [7, 11) is 8.36. The lowest BCUT2D eigenvalue weighted by Crippen LogP contribution is -2.52. The number of ether oxygens (including phenoxy) is 3. The standard InChI is InChI=1S/C29H33N3O6/c1-32(2)17-21-24(19-9-7-6-8-10-19)29(20-13-11-18(12-14-20)16-30-37-5)28(34,26(21)33)25-22(38-29)15-23(35-3)31-27(25)36-4/h6-16,21,24,26,33-34H,17H2,1-5H3/b30-16+/t21-,24-,26-,28+,29+/m1/s1. The molecule has 5 rings (SSSR count). The van der Waals surface area contributed by atoms with Gasteiger partial charge in [-0.25, -0.2) is 0 Å². The molecule has 1 aliphatic heterocycles. The van der Waals surface area contributed by atoms with Crippen molar-refractivity contribution < 1.29 is 29.3 Å². The van der Waals surface area contributed by atoms with E-state index in [2.05, 4.69) is 10.1 Å². The van der Waals surface area contributed by atoms with E-state index in [1.165, 1.54) is 21.3 Å². The number of nitrogens with zero attached hydrogens (tertiary/aromatic N) is 3. The molecule has 0 bridgehead atoms. The van der Waals surface area contributed by atoms with Gasteiger partial charge in [0.25, 0.3) is 0 Å². The van der Waals surface area contributed by atoms with Gasteiger partial charge in [-0.2, -0.15) is 4.98 Å². The molecule has 0 amide bonds. The molecule has 5 atom stereocenters. The Morgan fingerprint density at radius 1 is 1.05 bits per heavy atom. The van der Waals surface area contributed by atoms with Gasteiger partial charge in [0.1, 0.15) is 12.9 Å². The highest BCUT2D eigenvalue weighted by Gasteiger charge is 2.77. The predicted octanol–water partition coefficient (Wildman–Crippen LogP) is 2.89. The van der Waals surface area contributed by atoms with Crippen molar-refractivity contribution in [2.45, 2.75) is 23.2 Å². The maximum atomic E-state index is 12.9. The molecule has 1 saturated carbocycles. The van der Waals surface area contributed by atoms with E-state index in [1.807, 2.05) is 73.6 Å². The summed E-state index contributed by atoms with van der Waals surface area (Å²) < 4.78 is 17.9. The van der Waals surface area contributed by atoms with Gasteiger partial charge in [-0.3, -0.25) is 0 Å². The first-order valence-corrected chi connectivity index (χ1v) is 12.4. The minimum absolute atomic E-state index is 0.143. The van der Waals surface area contributed by atoms with Crippen molar-refractivity contribution in [3.63, 3.8) is 0 Å². The Labute approximate surface area is 222 Å². The second kappa shape index (κ2) is 9.90. The Hall–Kier alpha value is -3.66. The summed E-state index contributed by atoms with van der Waals surface area (Å²) in [5.41, 5.74) is -0.551. The summed E-state index contributed by atoms with van der Waals surface area (Å²) in [4.78, 5) is 11.3. The highest BCUT2D eigenvalue weighted by molar-refractivity contribution is 5.79. The molecule has 1 aromatic heterocycles. The Morgan fingerprint density at radius 3 is 2.37 bits per heavy atom. The molecule has 2 heterocycles. The fourth-order valence-electron chi connectivity index (χ4n) is 6.22. The minimum Gasteiger partial charge on any atom is -0.481 e. The fraction of sp³-hybridized carbons (Fsp3) is 0.379. The van der Waals surface area contributed by atoms with E-state index < -0.39 is 29.1 Å². The van der Waals surface area contributed by atoms with Crippen LogP contribution in [0.1, 0.15) is 28.2 Å². The molecule has 1 fully saturated rings. The van der Waals surface area contributed by atoms with Crippen molar-refractivity contribution in [1.82, 2.24) is 9.88 Å². The van der Waals surface area contributed by atoms with Gasteiger partial charge in [0.2, 0.25) is 11.8 Å². The highest BCUT2D eigenvalue weighted by Crippen LogP contribution is 2.69. The SMILES string of the molecule is CO/N=C/c1ccc([C@@]23Oc4cc(OC)nc(OC)c4[C@]2(O)[C@H](O)[C@H](CN(C)C)[C@H]3c2ccccc2)cc1. The predicted molar refractivity (Wildman–Crippen MR) is 142 cm³/mol. The van der Waals surface area contributed by atoms with E-state index in [0.29, 0.717) is 23.4 Å². The molecular formula is C29H33N3O6. The smallest absolute Gasteiger partial charge is 0.226 e. The molecule has 0 radical (unpaired) electrons. The van der Waals surface area contributed by atoms with Crippen LogP contribution in [0.3, 0.4) is 0 Å². The molecule has 2 N–H and O–H groups in total. The van der Waals surface area contributed by atoms with Crippen LogP contribution in [-0.4, -0.2) is 74.4 Å². The van der Waals surface area contributed by atoms with Gasteiger partial charge in [-0.05, 0) is 30.8 Å². The number of aromatic nitrogens is 1. The first-order chi connectivity index (χ1) is 18.3. The Morgan fingerprint density at radius 2 is 1.76 bits per heavy atom. The number of benzene rings is 2. The van der Waals surface area contributed by atoms with Crippen LogP contribution < -0.4 is 14.2 Å². The van der Waals surface area contributed by atoms with Gasteiger partial charge in [-0.1, -0.05) is 59.8 Å². The lowest BCUT2D eigenvalue weighted by atomic mass is 9.70. The summed E-state index contributed by atoms with van der Waals surface area (Å²) in [6, 6.07) is 19.1. The van der Waals surface area contributed by atoms with Crippen LogP contribution in [-0.2, 0) is 16.0 Å². The highest BCUT2D eigenvalue weighted by atomic mass is 16.6. The van der Waals surface area contributed by atoms with Gasteiger partial charge < -0.3 is 34.2 Å². The van der Waals surface area contributed by atoms with Gasteiger partial charge in [0, 0.05) is 24.4 Å². The normalized spacial score (nSPS) is 27.7. The zero-order chi connectivity index (χ0) is 27.1. The van der Waals surface area contributed by atoms with E-state index in [4.69, 9.17) is 19.0 Å². The summed E-state index contributed by atoms with van der Waals surface area (Å²) in [6.07, 6.45) is 0.387. The largest absolute Gasteiger partial charge is 0.481 e. The Bertz CT molecular complexity index is 1320. The van der Waals surface area contributed by atoms with Crippen LogP contribution in [0.4, 0.5) is 0 Å². The van der Waals surface area contributed by atoms with Crippen molar-refractivity contribution in [2.24, 2.45) is 11.1 Å². The van der Waals surface area contributed by atoms with Crippen LogP contribution in [0.2, 0.25) is 0 Å². The van der Waals surface area contributed by atoms with Crippen LogP contribution in [0.5, 0.6) is 17.5 Å². The fourth-order valence-corrected chi connectivity index (χ4v) is 6.22. The molecule has 1 aliphatic carbocycles. The molecule has 0 spiro atoms. The third-order valence-corrected chi connectivity index (χ3v) is 7.63. The topological polar surface area (TPSA) is 106 Å². The van der Waals surface area contributed by atoms with E-state index in [1.54, 1.807) is 12.3 Å². The molecule has 9 heteroatoms. The molecule has 0 unspecified atom stereocenters. The number of aliphatic hydroxyl groups is 2. The van der Waals surface area contributed by atoms with Gasteiger partial charge >= 0.3 is 0 Å². The maximum Gasteiger partial charge on any atom is 0.226 e. The number of hydrogen-bond donors (Lipinski definition) is 2. The van der Waals surface area contributed by atoms with E-state index >= 15 is 0 Å². The summed E-state index contributed by atoms with van der Waals surface area (Å²) in [6.45, 7) is 0.508. The maximum absolute atomic E-state index is 12.9. The molecule has 2 aromatic carbocycles. The van der Waals surface area contributed by atoms with Crippen molar-refractivity contribution in [2.75, 3.05) is 42.0 Å². The van der Waals surface area contributed by atoms with E-state index in [0.717, 1.165) is 11.1 Å². The van der Waals surface area contributed by atoms with Crippen molar-refractivity contribution in [3.8, 4) is 17.5 Å². The molecule has 38 heavy (non-hydrogen) atoms. The number of rotatable bonds is 8. The number of oxime groups is 1. The molecule has 2 aliphatic rings. The third-order valence-electron chi connectivity index (χ3n) is 7.63. The summed E-state index contributed by atoms with van der Waals surface area (Å²) >= 11 is 0. The van der Waals surface area contributed by atoms with Crippen LogP contribution >= 0.6 is 0 Å². The first kappa shape index (κ1) is 26.0.